The first-order valence-electron chi connectivity index (χ1n) is 7.48. The van der Waals surface area contributed by atoms with Crippen LogP contribution in [0.1, 0.15) is 52.0 Å². The molecule has 1 aliphatic rings. The van der Waals surface area contributed by atoms with Crippen LogP contribution >= 0.6 is 0 Å². The third-order valence-electron chi connectivity index (χ3n) is 3.71. The van der Waals surface area contributed by atoms with Crippen molar-refractivity contribution in [3.05, 3.63) is 18.0 Å². The lowest BCUT2D eigenvalue weighted by Crippen LogP contribution is -2.43. The minimum absolute atomic E-state index is 0.0766. The number of alkyl halides is 2. The molecule has 0 unspecified atom stereocenters. The first-order chi connectivity index (χ1) is 10.5. The molecule has 6 nitrogen and oxygen atoms in total. The Hall–Kier alpha value is -1.83. The summed E-state index contributed by atoms with van der Waals surface area (Å²) in [4.78, 5) is 19.7. The predicted octanol–water partition coefficient (Wildman–Crippen LogP) is 3.19. The minimum Gasteiger partial charge on any atom is -0.444 e. The van der Waals surface area contributed by atoms with E-state index in [1.807, 2.05) is 0 Å². The summed E-state index contributed by atoms with van der Waals surface area (Å²) in [7, 11) is 0. The van der Waals surface area contributed by atoms with E-state index in [9.17, 15) is 13.6 Å². The molecule has 1 fully saturated rings. The van der Waals surface area contributed by atoms with Crippen LogP contribution in [0.4, 0.5) is 19.5 Å². The van der Waals surface area contributed by atoms with Crippen LogP contribution < -0.4 is 11.1 Å². The molecule has 23 heavy (non-hydrogen) atoms. The number of hydrogen-bond acceptors (Lipinski definition) is 5. The van der Waals surface area contributed by atoms with E-state index in [-0.39, 0.29) is 31.6 Å². The Morgan fingerprint density at radius 1 is 1.22 bits per heavy atom. The highest BCUT2D eigenvalue weighted by molar-refractivity contribution is 5.82. The van der Waals surface area contributed by atoms with E-state index in [0.717, 1.165) is 0 Å². The van der Waals surface area contributed by atoms with Gasteiger partial charge in [0.2, 0.25) is 11.9 Å². The van der Waals surface area contributed by atoms with Gasteiger partial charge in [0.1, 0.15) is 5.60 Å². The van der Waals surface area contributed by atoms with Crippen LogP contribution in [0.2, 0.25) is 0 Å². The van der Waals surface area contributed by atoms with Crippen LogP contribution in [0.3, 0.4) is 0 Å². The van der Waals surface area contributed by atoms with Crippen molar-refractivity contribution < 1.29 is 18.3 Å². The number of carbonyl (C=O) groups excluding carboxylic acids is 1. The number of aromatic nitrogens is 2. The Balaban J connectivity index is 2.01. The van der Waals surface area contributed by atoms with Gasteiger partial charge in [0.25, 0.3) is 0 Å². The fourth-order valence-electron chi connectivity index (χ4n) is 2.40. The molecule has 0 atom stereocenters. The average molecular weight is 328 g/mol. The number of halogens is 2. The zero-order valence-corrected chi connectivity index (χ0v) is 13.5. The van der Waals surface area contributed by atoms with Crippen LogP contribution in [0.15, 0.2) is 12.4 Å². The highest BCUT2D eigenvalue weighted by Gasteiger charge is 2.42. The fourth-order valence-corrected chi connectivity index (χ4v) is 2.40. The highest BCUT2D eigenvalue weighted by atomic mass is 19.3. The summed E-state index contributed by atoms with van der Waals surface area (Å²) in [5.74, 6) is -2.57. The van der Waals surface area contributed by atoms with Gasteiger partial charge in [-0.25, -0.2) is 23.5 Å². The third kappa shape index (κ3) is 4.82. The van der Waals surface area contributed by atoms with Crippen molar-refractivity contribution in [2.45, 2.75) is 63.5 Å². The smallest absolute Gasteiger partial charge is 0.414 e. The molecule has 1 amide bonds. The quantitative estimate of drug-likeness (QED) is 0.870. The Morgan fingerprint density at radius 3 is 2.22 bits per heavy atom. The Kier molecular flexibility index (Phi) is 4.57. The summed E-state index contributed by atoms with van der Waals surface area (Å²) in [6.07, 6.45) is 2.10. The van der Waals surface area contributed by atoms with Gasteiger partial charge in [0.05, 0.1) is 0 Å². The zero-order valence-electron chi connectivity index (χ0n) is 13.5. The number of rotatable bonds is 2. The molecule has 1 aliphatic carbocycles. The molecule has 0 bridgehead atoms. The van der Waals surface area contributed by atoms with Crippen molar-refractivity contribution in [1.29, 1.82) is 0 Å². The van der Waals surface area contributed by atoms with Gasteiger partial charge in [0, 0.05) is 36.3 Å². The van der Waals surface area contributed by atoms with Crippen LogP contribution in [0.25, 0.3) is 0 Å². The van der Waals surface area contributed by atoms with Gasteiger partial charge in [0.15, 0.2) is 0 Å². The molecule has 8 heteroatoms. The number of hydrogen-bond donors (Lipinski definition) is 2. The Bertz CT molecular complexity index is 560. The summed E-state index contributed by atoms with van der Waals surface area (Å²) < 4.78 is 31.6. The van der Waals surface area contributed by atoms with Gasteiger partial charge < -0.3 is 10.5 Å². The van der Waals surface area contributed by atoms with Gasteiger partial charge >= 0.3 is 6.09 Å². The first-order valence-corrected chi connectivity index (χ1v) is 7.48. The van der Waals surface area contributed by atoms with Crippen molar-refractivity contribution in [2.75, 3.05) is 5.32 Å². The first kappa shape index (κ1) is 17.5. The van der Waals surface area contributed by atoms with Gasteiger partial charge in [-0.3, -0.25) is 5.32 Å². The number of amides is 1. The second-order valence-corrected chi connectivity index (χ2v) is 6.93. The van der Waals surface area contributed by atoms with Gasteiger partial charge in [-0.2, -0.15) is 0 Å². The normalized spacial score (nSPS) is 19.9. The summed E-state index contributed by atoms with van der Waals surface area (Å²) in [6, 6.07) is 0. The fraction of sp³-hybridized carbons (Fsp3) is 0.667. The lowest BCUT2D eigenvalue weighted by atomic mass is 9.77. The van der Waals surface area contributed by atoms with Crippen LogP contribution in [-0.2, 0) is 10.3 Å². The van der Waals surface area contributed by atoms with E-state index < -0.39 is 23.2 Å². The van der Waals surface area contributed by atoms with Crippen molar-refractivity contribution >= 4 is 12.0 Å². The molecule has 0 aromatic carbocycles. The SMILES string of the molecule is CC(C)(C)OC(=O)Nc1ncc(C2(N)CCC(F)(F)CC2)cn1. The van der Waals surface area contributed by atoms with E-state index in [0.29, 0.717) is 5.56 Å². The van der Waals surface area contributed by atoms with Crippen LogP contribution in [-0.4, -0.2) is 27.6 Å². The van der Waals surface area contributed by atoms with Crippen LogP contribution in [0.5, 0.6) is 0 Å². The van der Waals surface area contributed by atoms with E-state index >= 15 is 0 Å². The summed E-state index contributed by atoms with van der Waals surface area (Å²) >= 11 is 0. The van der Waals surface area contributed by atoms with Gasteiger partial charge in [-0.15, -0.1) is 0 Å². The largest absolute Gasteiger partial charge is 0.444 e. The molecular formula is C15H22F2N4O2. The van der Waals surface area contributed by atoms with E-state index in [1.165, 1.54) is 12.4 Å². The molecule has 1 aromatic rings. The molecule has 1 aromatic heterocycles. The molecule has 0 saturated heterocycles. The van der Waals surface area contributed by atoms with Gasteiger partial charge in [-0.05, 0) is 33.6 Å². The number of carbonyl (C=O) groups is 1. The lowest BCUT2D eigenvalue weighted by Gasteiger charge is -2.36. The zero-order chi connectivity index (χ0) is 17.3. The van der Waals surface area contributed by atoms with E-state index in [4.69, 9.17) is 10.5 Å². The second kappa shape index (κ2) is 5.99. The molecule has 128 valence electrons. The monoisotopic (exact) mass is 328 g/mol. The van der Waals surface area contributed by atoms with Crippen LogP contribution in [0, 0.1) is 0 Å². The molecular weight excluding hydrogens is 306 g/mol. The molecule has 0 radical (unpaired) electrons. The lowest BCUT2D eigenvalue weighted by molar-refractivity contribution is -0.0514. The topological polar surface area (TPSA) is 90.1 Å². The Morgan fingerprint density at radius 2 is 1.74 bits per heavy atom. The second-order valence-electron chi connectivity index (χ2n) is 6.93. The van der Waals surface area contributed by atoms with E-state index in [1.54, 1.807) is 20.8 Å². The average Bonchev–Trinajstić information content (AvgIpc) is 2.41. The number of nitrogens with two attached hydrogens (primary N) is 1. The molecule has 1 saturated carbocycles. The van der Waals surface area contributed by atoms with Crippen molar-refractivity contribution in [3.8, 4) is 0 Å². The highest BCUT2D eigenvalue weighted by Crippen LogP contribution is 2.41. The van der Waals surface area contributed by atoms with E-state index in [2.05, 4.69) is 15.3 Å². The molecule has 1 heterocycles. The summed E-state index contributed by atoms with van der Waals surface area (Å²) in [6.45, 7) is 5.23. The standard InChI is InChI=1S/C15H22F2N4O2/c1-13(2,3)23-12(22)21-11-19-8-10(9-20-11)14(18)4-6-15(16,17)7-5-14/h8-9H,4-7,18H2,1-3H3,(H,19,20,21,22). The summed E-state index contributed by atoms with van der Waals surface area (Å²) in [5.41, 5.74) is 5.32. The molecule has 0 aliphatic heterocycles. The number of anilines is 1. The number of ether oxygens (including phenoxy) is 1. The maximum Gasteiger partial charge on any atom is 0.414 e. The Labute approximate surface area is 133 Å². The predicted molar refractivity (Wildman–Crippen MR) is 81.2 cm³/mol. The third-order valence-corrected chi connectivity index (χ3v) is 3.71. The minimum atomic E-state index is -2.65. The number of nitrogens with zero attached hydrogens (tertiary/aromatic N) is 2. The molecule has 2 rings (SSSR count). The number of nitrogens with one attached hydrogen (secondary N) is 1. The summed E-state index contributed by atoms with van der Waals surface area (Å²) in [5, 5.41) is 2.41. The van der Waals surface area contributed by atoms with Gasteiger partial charge in [-0.1, -0.05) is 0 Å². The van der Waals surface area contributed by atoms with Crippen molar-refractivity contribution in [3.63, 3.8) is 0 Å². The molecule has 3 N–H and O–H groups in total. The van der Waals surface area contributed by atoms with Crippen molar-refractivity contribution in [2.24, 2.45) is 5.73 Å². The van der Waals surface area contributed by atoms with Crippen molar-refractivity contribution in [1.82, 2.24) is 9.97 Å². The maximum absolute atomic E-state index is 13.3. The maximum atomic E-state index is 13.3. The molecule has 0 spiro atoms.